The predicted molar refractivity (Wildman–Crippen MR) is 76.1 cm³/mol. The predicted octanol–water partition coefficient (Wildman–Crippen LogP) is 2.10. The van der Waals surface area contributed by atoms with Crippen LogP contribution in [0.4, 0.5) is 4.79 Å². The topological polar surface area (TPSA) is 86.1 Å². The van der Waals surface area contributed by atoms with Gasteiger partial charge in [0.15, 0.2) is 6.29 Å². The Labute approximate surface area is 124 Å². The molecule has 1 saturated carbocycles. The molecule has 7 nitrogen and oxygen atoms in total. The standard InChI is InChI=1S/C14H22N4O3/c1-14(2,3)21-13(20)15-10-4-6-12(7-5-10)18-8-11(9-19)16-17-18/h8-10,12H,4-7H2,1-3H3,(H,15,20). The molecule has 0 aliphatic heterocycles. The van der Waals surface area contributed by atoms with Gasteiger partial charge in [-0.3, -0.25) is 4.79 Å². The highest BCUT2D eigenvalue weighted by molar-refractivity contribution is 5.70. The number of nitrogens with one attached hydrogen (secondary N) is 1. The van der Waals surface area contributed by atoms with Crippen molar-refractivity contribution in [2.24, 2.45) is 0 Å². The number of hydrogen-bond donors (Lipinski definition) is 1. The number of nitrogens with zero attached hydrogens (tertiary/aromatic N) is 3. The van der Waals surface area contributed by atoms with Crippen molar-refractivity contribution in [2.75, 3.05) is 0 Å². The van der Waals surface area contributed by atoms with E-state index in [0.717, 1.165) is 25.7 Å². The van der Waals surface area contributed by atoms with E-state index in [1.165, 1.54) is 0 Å². The summed E-state index contributed by atoms with van der Waals surface area (Å²) >= 11 is 0. The zero-order valence-corrected chi connectivity index (χ0v) is 12.7. The van der Waals surface area contributed by atoms with Crippen LogP contribution in [0.3, 0.4) is 0 Å². The zero-order valence-electron chi connectivity index (χ0n) is 12.7. The lowest BCUT2D eigenvalue weighted by atomic mass is 9.91. The summed E-state index contributed by atoms with van der Waals surface area (Å²) < 4.78 is 7.00. The van der Waals surface area contributed by atoms with Gasteiger partial charge in [0.1, 0.15) is 11.3 Å². The van der Waals surface area contributed by atoms with Gasteiger partial charge in [0.2, 0.25) is 0 Å². The van der Waals surface area contributed by atoms with Crippen molar-refractivity contribution < 1.29 is 14.3 Å². The fraction of sp³-hybridized carbons (Fsp3) is 0.714. The van der Waals surface area contributed by atoms with Gasteiger partial charge in [-0.1, -0.05) is 5.21 Å². The van der Waals surface area contributed by atoms with Crippen LogP contribution in [-0.2, 0) is 4.74 Å². The lowest BCUT2D eigenvalue weighted by molar-refractivity contribution is 0.0487. The van der Waals surface area contributed by atoms with Crippen LogP contribution in [0.2, 0.25) is 0 Å². The van der Waals surface area contributed by atoms with E-state index >= 15 is 0 Å². The third-order valence-corrected chi connectivity index (χ3v) is 3.44. The van der Waals surface area contributed by atoms with Crippen molar-refractivity contribution in [2.45, 2.75) is 64.1 Å². The van der Waals surface area contributed by atoms with Gasteiger partial charge in [0.05, 0.1) is 12.2 Å². The summed E-state index contributed by atoms with van der Waals surface area (Å²) in [6, 6.07) is 0.369. The van der Waals surface area contributed by atoms with Gasteiger partial charge < -0.3 is 10.1 Å². The number of aromatic nitrogens is 3. The average molecular weight is 294 g/mol. The summed E-state index contributed by atoms with van der Waals surface area (Å²) in [7, 11) is 0. The smallest absolute Gasteiger partial charge is 0.407 e. The van der Waals surface area contributed by atoms with E-state index in [1.54, 1.807) is 10.9 Å². The average Bonchev–Trinajstić information content (AvgIpc) is 2.86. The van der Waals surface area contributed by atoms with E-state index < -0.39 is 5.60 Å². The Morgan fingerprint density at radius 2 is 2.05 bits per heavy atom. The van der Waals surface area contributed by atoms with Crippen molar-refractivity contribution in [1.29, 1.82) is 0 Å². The lowest BCUT2D eigenvalue weighted by Crippen LogP contribution is -2.41. The first-order valence-electron chi connectivity index (χ1n) is 7.24. The maximum Gasteiger partial charge on any atom is 0.407 e. The molecule has 0 spiro atoms. The molecule has 1 amide bonds. The van der Waals surface area contributed by atoms with E-state index in [4.69, 9.17) is 4.74 Å². The largest absolute Gasteiger partial charge is 0.444 e. The minimum absolute atomic E-state index is 0.130. The van der Waals surface area contributed by atoms with Crippen molar-refractivity contribution in [3.05, 3.63) is 11.9 Å². The summed E-state index contributed by atoms with van der Waals surface area (Å²) in [6.45, 7) is 5.54. The molecule has 1 aliphatic rings. The van der Waals surface area contributed by atoms with Crippen molar-refractivity contribution in [3.8, 4) is 0 Å². The molecule has 0 radical (unpaired) electrons. The van der Waals surface area contributed by atoms with Crippen molar-refractivity contribution in [1.82, 2.24) is 20.3 Å². The van der Waals surface area contributed by atoms with E-state index in [-0.39, 0.29) is 18.2 Å². The van der Waals surface area contributed by atoms with Gasteiger partial charge in [0, 0.05) is 6.04 Å². The summed E-state index contributed by atoms with van der Waals surface area (Å²) in [5, 5.41) is 10.6. The highest BCUT2D eigenvalue weighted by atomic mass is 16.6. The molecule has 0 aromatic carbocycles. The van der Waals surface area contributed by atoms with E-state index in [9.17, 15) is 9.59 Å². The summed E-state index contributed by atoms with van der Waals surface area (Å²) in [5.74, 6) is 0. The quantitative estimate of drug-likeness (QED) is 0.863. The van der Waals surface area contributed by atoms with Crippen LogP contribution in [-0.4, -0.2) is 39.0 Å². The molecule has 1 aromatic rings. The van der Waals surface area contributed by atoms with Crippen LogP contribution < -0.4 is 5.32 Å². The monoisotopic (exact) mass is 294 g/mol. The normalized spacial score (nSPS) is 22.6. The Bertz CT molecular complexity index is 499. The van der Waals surface area contributed by atoms with Crippen LogP contribution in [0.1, 0.15) is 63.0 Å². The van der Waals surface area contributed by atoms with Gasteiger partial charge >= 0.3 is 6.09 Å². The molecule has 1 aromatic heterocycles. The maximum atomic E-state index is 11.7. The molecule has 0 saturated heterocycles. The molecule has 0 unspecified atom stereocenters. The number of rotatable bonds is 3. The summed E-state index contributed by atoms with van der Waals surface area (Å²) in [6.07, 6.45) is 5.50. The number of amides is 1. The number of carbonyl (C=O) groups is 2. The Hall–Kier alpha value is -1.92. The minimum atomic E-state index is -0.479. The maximum absolute atomic E-state index is 11.7. The van der Waals surface area contributed by atoms with Crippen LogP contribution in [0.25, 0.3) is 0 Å². The van der Waals surface area contributed by atoms with E-state index in [0.29, 0.717) is 12.0 Å². The van der Waals surface area contributed by atoms with Crippen LogP contribution in [0.5, 0.6) is 0 Å². The molecule has 0 bridgehead atoms. The number of aldehydes is 1. The molecule has 7 heteroatoms. The molecule has 1 fully saturated rings. The number of carbonyl (C=O) groups excluding carboxylic acids is 2. The number of ether oxygens (including phenoxy) is 1. The number of hydrogen-bond acceptors (Lipinski definition) is 5. The van der Waals surface area contributed by atoms with E-state index in [1.807, 2.05) is 20.8 Å². The van der Waals surface area contributed by atoms with Crippen molar-refractivity contribution in [3.63, 3.8) is 0 Å². The van der Waals surface area contributed by atoms with Gasteiger partial charge in [-0.05, 0) is 46.5 Å². The third-order valence-electron chi connectivity index (χ3n) is 3.44. The van der Waals surface area contributed by atoms with Gasteiger partial charge in [0.25, 0.3) is 0 Å². The molecule has 0 atom stereocenters. The van der Waals surface area contributed by atoms with Crippen molar-refractivity contribution >= 4 is 12.4 Å². The second kappa shape index (κ2) is 6.24. The number of alkyl carbamates (subject to hydrolysis) is 1. The molecular formula is C14H22N4O3. The second-order valence-electron chi connectivity index (χ2n) is 6.39. The minimum Gasteiger partial charge on any atom is -0.444 e. The third kappa shape index (κ3) is 4.54. The molecule has 116 valence electrons. The van der Waals surface area contributed by atoms with Crippen LogP contribution in [0, 0.1) is 0 Å². The summed E-state index contributed by atoms with van der Waals surface area (Å²) in [4.78, 5) is 22.3. The SMILES string of the molecule is CC(C)(C)OC(=O)NC1CCC(n2cc(C=O)nn2)CC1. The fourth-order valence-electron chi connectivity index (χ4n) is 2.48. The second-order valence-corrected chi connectivity index (χ2v) is 6.39. The molecule has 1 aliphatic carbocycles. The Morgan fingerprint density at radius 3 is 2.57 bits per heavy atom. The van der Waals surface area contributed by atoms with Gasteiger partial charge in [-0.15, -0.1) is 5.10 Å². The molecule has 2 rings (SSSR count). The first kappa shape index (κ1) is 15.5. The van der Waals surface area contributed by atoms with E-state index in [2.05, 4.69) is 15.6 Å². The first-order chi connectivity index (χ1) is 9.87. The van der Waals surface area contributed by atoms with Gasteiger partial charge in [-0.25, -0.2) is 9.48 Å². The Balaban J connectivity index is 1.80. The lowest BCUT2D eigenvalue weighted by Gasteiger charge is -2.29. The first-order valence-corrected chi connectivity index (χ1v) is 7.24. The fourth-order valence-corrected chi connectivity index (χ4v) is 2.48. The highest BCUT2D eigenvalue weighted by Crippen LogP contribution is 2.28. The summed E-state index contributed by atoms with van der Waals surface area (Å²) in [5.41, 5.74) is -0.128. The van der Waals surface area contributed by atoms with Gasteiger partial charge in [-0.2, -0.15) is 0 Å². The zero-order chi connectivity index (χ0) is 15.5. The Morgan fingerprint density at radius 1 is 1.38 bits per heavy atom. The molecule has 1 N–H and O–H groups in total. The molecule has 1 heterocycles. The molecule has 21 heavy (non-hydrogen) atoms. The highest BCUT2D eigenvalue weighted by Gasteiger charge is 2.26. The van der Waals surface area contributed by atoms with Crippen LogP contribution >= 0.6 is 0 Å². The molecular weight excluding hydrogens is 272 g/mol. The Kier molecular flexibility index (Phi) is 4.59. The van der Waals surface area contributed by atoms with Crippen LogP contribution in [0.15, 0.2) is 6.20 Å².